The van der Waals surface area contributed by atoms with E-state index in [-0.39, 0.29) is 0 Å². The van der Waals surface area contributed by atoms with Gasteiger partial charge in [-0.15, -0.1) is 0 Å². The lowest BCUT2D eigenvalue weighted by molar-refractivity contribution is 0.501. The number of aromatic nitrogens is 2. The Bertz CT molecular complexity index is 254. The quantitative estimate of drug-likeness (QED) is 0.676. The Hall–Kier alpha value is -1.16. The molecule has 13 heavy (non-hydrogen) atoms. The van der Waals surface area contributed by atoms with Gasteiger partial charge in [0.1, 0.15) is 0 Å². The van der Waals surface area contributed by atoms with Crippen molar-refractivity contribution in [3.8, 4) is 0 Å². The van der Waals surface area contributed by atoms with Crippen molar-refractivity contribution >= 4 is 5.69 Å². The maximum Gasteiger partial charge on any atom is 0.0729 e. The first-order valence-electron chi connectivity index (χ1n) is 4.63. The van der Waals surface area contributed by atoms with Crippen LogP contribution in [0, 0.1) is 0 Å². The Balaban J connectivity index is 2.03. The molecule has 1 aliphatic rings. The molecular weight excluding hydrogens is 164 g/mol. The van der Waals surface area contributed by atoms with Crippen LogP contribution in [0.2, 0.25) is 0 Å². The van der Waals surface area contributed by atoms with Crippen molar-refractivity contribution in [1.82, 2.24) is 10.2 Å². The molecule has 1 aromatic rings. The van der Waals surface area contributed by atoms with E-state index in [1.807, 2.05) is 6.07 Å². The molecule has 0 aromatic carbocycles. The van der Waals surface area contributed by atoms with Crippen LogP contribution >= 0.6 is 0 Å². The number of hydrogen-bond donors (Lipinski definition) is 1. The topological polar surface area (TPSA) is 55.0 Å². The highest BCUT2D eigenvalue weighted by Crippen LogP contribution is 2.16. The molecule has 0 atom stereocenters. The number of rotatable bonds is 1. The largest absolute Gasteiger partial charge is 0.370 e. The fraction of sp³-hybridized carbons (Fsp3) is 0.556. The van der Waals surface area contributed by atoms with Crippen molar-refractivity contribution in [3.63, 3.8) is 0 Å². The zero-order valence-electron chi connectivity index (χ0n) is 7.56. The van der Waals surface area contributed by atoms with Gasteiger partial charge < -0.3 is 10.6 Å². The van der Waals surface area contributed by atoms with E-state index in [1.165, 1.54) is 0 Å². The average molecular weight is 178 g/mol. The Morgan fingerprint density at radius 3 is 2.69 bits per heavy atom. The van der Waals surface area contributed by atoms with Crippen molar-refractivity contribution < 1.29 is 0 Å². The number of piperidine rings is 1. The van der Waals surface area contributed by atoms with Crippen molar-refractivity contribution in [2.24, 2.45) is 5.73 Å². The van der Waals surface area contributed by atoms with Crippen LogP contribution in [0.5, 0.6) is 0 Å². The summed E-state index contributed by atoms with van der Waals surface area (Å²) in [6.07, 6.45) is 5.67. The minimum absolute atomic E-state index is 0.381. The van der Waals surface area contributed by atoms with Crippen LogP contribution in [0.4, 0.5) is 5.69 Å². The molecule has 4 heteroatoms. The maximum atomic E-state index is 5.82. The molecule has 1 aromatic heterocycles. The van der Waals surface area contributed by atoms with E-state index in [1.54, 1.807) is 12.4 Å². The zero-order chi connectivity index (χ0) is 9.10. The second-order valence-corrected chi connectivity index (χ2v) is 3.43. The first kappa shape index (κ1) is 8.44. The highest BCUT2D eigenvalue weighted by molar-refractivity contribution is 5.43. The van der Waals surface area contributed by atoms with Crippen LogP contribution in [0.3, 0.4) is 0 Å². The normalized spacial score (nSPS) is 19.0. The van der Waals surface area contributed by atoms with Gasteiger partial charge in [-0.3, -0.25) is 0 Å². The van der Waals surface area contributed by atoms with Crippen molar-refractivity contribution in [1.29, 1.82) is 0 Å². The minimum atomic E-state index is 0.381. The second-order valence-electron chi connectivity index (χ2n) is 3.43. The molecule has 0 bridgehead atoms. The predicted molar refractivity (Wildman–Crippen MR) is 51.5 cm³/mol. The van der Waals surface area contributed by atoms with Gasteiger partial charge in [-0.25, -0.2) is 0 Å². The molecule has 70 valence electrons. The summed E-state index contributed by atoms with van der Waals surface area (Å²) >= 11 is 0. The van der Waals surface area contributed by atoms with Gasteiger partial charge in [0.25, 0.3) is 0 Å². The van der Waals surface area contributed by atoms with Crippen molar-refractivity contribution in [2.45, 2.75) is 18.9 Å². The van der Waals surface area contributed by atoms with Crippen LogP contribution in [0.25, 0.3) is 0 Å². The summed E-state index contributed by atoms with van der Waals surface area (Å²) in [5.41, 5.74) is 6.97. The SMILES string of the molecule is NC1CCN(c2ccnnc2)CC1. The Kier molecular flexibility index (Phi) is 2.40. The molecule has 1 saturated heterocycles. The van der Waals surface area contributed by atoms with Crippen LogP contribution < -0.4 is 10.6 Å². The van der Waals surface area contributed by atoms with Gasteiger partial charge in [-0.1, -0.05) is 0 Å². The number of anilines is 1. The smallest absolute Gasteiger partial charge is 0.0729 e. The lowest BCUT2D eigenvalue weighted by Crippen LogP contribution is -2.39. The molecule has 1 aliphatic heterocycles. The molecule has 2 N–H and O–H groups in total. The summed E-state index contributed by atoms with van der Waals surface area (Å²) in [4.78, 5) is 2.30. The number of nitrogens with two attached hydrogens (primary N) is 1. The fourth-order valence-corrected chi connectivity index (χ4v) is 1.63. The summed E-state index contributed by atoms with van der Waals surface area (Å²) in [6.45, 7) is 2.07. The molecule has 0 aliphatic carbocycles. The minimum Gasteiger partial charge on any atom is -0.370 e. The highest BCUT2D eigenvalue weighted by atomic mass is 15.2. The van der Waals surface area contributed by atoms with Crippen molar-refractivity contribution in [3.05, 3.63) is 18.5 Å². The predicted octanol–water partition coefficient (Wildman–Crippen LogP) is 0.404. The molecule has 0 amide bonds. The Labute approximate surface area is 77.8 Å². The maximum absolute atomic E-state index is 5.82. The van der Waals surface area contributed by atoms with Crippen LogP contribution in [0.1, 0.15) is 12.8 Å². The standard InChI is InChI=1S/C9H14N4/c10-8-2-5-13(6-3-8)9-1-4-11-12-7-9/h1,4,7-8H,2-3,5-6,10H2. The lowest BCUT2D eigenvalue weighted by Gasteiger charge is -2.31. The average Bonchev–Trinajstić information content (AvgIpc) is 2.20. The van der Waals surface area contributed by atoms with E-state index in [2.05, 4.69) is 15.1 Å². The van der Waals surface area contributed by atoms with Crippen LogP contribution in [-0.4, -0.2) is 29.3 Å². The van der Waals surface area contributed by atoms with E-state index >= 15 is 0 Å². The summed E-state index contributed by atoms with van der Waals surface area (Å²) in [5.74, 6) is 0. The van der Waals surface area contributed by atoms with E-state index in [9.17, 15) is 0 Å². The number of hydrogen-bond acceptors (Lipinski definition) is 4. The van der Waals surface area contributed by atoms with Gasteiger partial charge in [0.05, 0.1) is 18.1 Å². The Morgan fingerprint density at radius 1 is 1.31 bits per heavy atom. The first-order valence-corrected chi connectivity index (χ1v) is 4.63. The molecule has 1 fully saturated rings. The molecule has 2 heterocycles. The second kappa shape index (κ2) is 3.70. The summed E-state index contributed by atoms with van der Waals surface area (Å²) in [7, 11) is 0. The molecular formula is C9H14N4. The highest BCUT2D eigenvalue weighted by Gasteiger charge is 2.15. The van der Waals surface area contributed by atoms with Gasteiger partial charge in [-0.05, 0) is 18.9 Å². The van der Waals surface area contributed by atoms with Gasteiger partial charge >= 0.3 is 0 Å². The van der Waals surface area contributed by atoms with Crippen LogP contribution in [0.15, 0.2) is 18.5 Å². The third-order valence-electron chi connectivity index (χ3n) is 2.47. The van der Waals surface area contributed by atoms with Gasteiger partial charge in [0, 0.05) is 19.1 Å². The lowest BCUT2D eigenvalue weighted by atomic mass is 10.1. The molecule has 0 unspecified atom stereocenters. The monoisotopic (exact) mass is 178 g/mol. The third kappa shape index (κ3) is 1.95. The van der Waals surface area contributed by atoms with Crippen molar-refractivity contribution in [2.75, 3.05) is 18.0 Å². The first-order chi connectivity index (χ1) is 6.36. The summed E-state index contributed by atoms with van der Waals surface area (Å²) in [6, 6.07) is 2.37. The zero-order valence-corrected chi connectivity index (χ0v) is 7.56. The summed E-state index contributed by atoms with van der Waals surface area (Å²) in [5, 5.41) is 7.61. The molecule has 0 radical (unpaired) electrons. The van der Waals surface area contributed by atoms with E-state index < -0.39 is 0 Å². The van der Waals surface area contributed by atoms with Gasteiger partial charge in [0.15, 0.2) is 0 Å². The molecule has 0 spiro atoms. The summed E-state index contributed by atoms with van der Waals surface area (Å²) < 4.78 is 0. The molecule has 4 nitrogen and oxygen atoms in total. The van der Waals surface area contributed by atoms with Gasteiger partial charge in [-0.2, -0.15) is 10.2 Å². The van der Waals surface area contributed by atoms with Crippen LogP contribution in [-0.2, 0) is 0 Å². The van der Waals surface area contributed by atoms with E-state index in [0.29, 0.717) is 6.04 Å². The van der Waals surface area contributed by atoms with E-state index in [4.69, 9.17) is 5.73 Å². The fourth-order valence-electron chi connectivity index (χ4n) is 1.63. The van der Waals surface area contributed by atoms with Gasteiger partial charge in [0.2, 0.25) is 0 Å². The van der Waals surface area contributed by atoms with E-state index in [0.717, 1.165) is 31.6 Å². The Morgan fingerprint density at radius 2 is 2.08 bits per heavy atom. The number of nitrogens with zero attached hydrogens (tertiary/aromatic N) is 3. The molecule has 2 rings (SSSR count). The molecule has 0 saturated carbocycles. The third-order valence-corrected chi connectivity index (χ3v) is 2.47.